The minimum Gasteiger partial charge on any atom is -0.497 e. The average molecular weight is 510 g/mol. The van der Waals surface area contributed by atoms with Crippen molar-refractivity contribution in [3.8, 4) is 22.9 Å². The molecule has 192 valence electrons. The number of hydrogen-bond donors (Lipinski definition) is 0. The molecule has 5 aromatic rings. The highest BCUT2D eigenvalue weighted by molar-refractivity contribution is 5.76. The Morgan fingerprint density at radius 1 is 0.947 bits per heavy atom. The van der Waals surface area contributed by atoms with Crippen molar-refractivity contribution in [2.24, 2.45) is 0 Å². The first-order valence-corrected chi connectivity index (χ1v) is 12.7. The molecule has 0 saturated carbocycles. The average Bonchev–Trinajstić information content (AvgIpc) is 3.26. The molecule has 1 fully saturated rings. The maximum atomic E-state index is 15.3. The van der Waals surface area contributed by atoms with Crippen LogP contribution in [0.25, 0.3) is 22.3 Å². The monoisotopic (exact) mass is 509 g/mol. The van der Waals surface area contributed by atoms with Crippen LogP contribution < -0.4 is 9.47 Å². The second-order valence-electron chi connectivity index (χ2n) is 9.40. The van der Waals surface area contributed by atoms with Gasteiger partial charge in [0.15, 0.2) is 0 Å². The van der Waals surface area contributed by atoms with Crippen molar-refractivity contribution in [2.45, 2.75) is 32.1 Å². The molecule has 0 radical (unpaired) electrons. The number of benzene rings is 3. The van der Waals surface area contributed by atoms with Crippen molar-refractivity contribution in [3.05, 3.63) is 108 Å². The van der Waals surface area contributed by atoms with E-state index in [4.69, 9.17) is 19.2 Å². The summed E-state index contributed by atoms with van der Waals surface area (Å²) in [4.78, 5) is 9.39. The molecule has 0 N–H and O–H groups in total. The zero-order chi connectivity index (χ0) is 25.9. The summed E-state index contributed by atoms with van der Waals surface area (Å²) in [5, 5.41) is 0. The second-order valence-corrected chi connectivity index (χ2v) is 9.40. The molecule has 0 unspecified atom stereocenters. The third-order valence-electron chi connectivity index (χ3n) is 6.85. The minimum absolute atomic E-state index is 0.204. The van der Waals surface area contributed by atoms with Crippen LogP contribution in [0.5, 0.6) is 11.6 Å². The van der Waals surface area contributed by atoms with Crippen LogP contribution in [0, 0.1) is 5.82 Å². The number of methoxy groups -OCH3 is 1. The van der Waals surface area contributed by atoms with Crippen LogP contribution in [0.15, 0.2) is 84.9 Å². The van der Waals surface area contributed by atoms with Gasteiger partial charge >= 0.3 is 0 Å². The van der Waals surface area contributed by atoms with E-state index >= 15 is 4.39 Å². The number of pyridine rings is 1. The van der Waals surface area contributed by atoms with Gasteiger partial charge in [0, 0.05) is 24.7 Å². The Balaban J connectivity index is 1.19. The Labute approximate surface area is 220 Å². The molecule has 1 aliphatic heterocycles. The van der Waals surface area contributed by atoms with Crippen LogP contribution in [0.2, 0.25) is 0 Å². The fourth-order valence-corrected chi connectivity index (χ4v) is 4.68. The summed E-state index contributed by atoms with van der Waals surface area (Å²) in [5.41, 5.74) is 4.81. The fourth-order valence-electron chi connectivity index (χ4n) is 4.68. The first kappa shape index (κ1) is 24.1. The number of rotatable bonds is 9. The van der Waals surface area contributed by atoms with Crippen LogP contribution in [0.1, 0.15) is 23.4 Å². The number of ether oxygens (including phenoxy) is 3. The van der Waals surface area contributed by atoms with Crippen molar-refractivity contribution < 1.29 is 18.6 Å². The van der Waals surface area contributed by atoms with Gasteiger partial charge in [0.25, 0.3) is 0 Å². The number of fused-ring (bicyclic) bond motifs is 1. The molecule has 1 atom stereocenters. The van der Waals surface area contributed by atoms with Crippen LogP contribution >= 0.6 is 0 Å². The van der Waals surface area contributed by atoms with E-state index in [9.17, 15) is 0 Å². The number of halogens is 1. The van der Waals surface area contributed by atoms with Gasteiger partial charge in [0.1, 0.15) is 24.0 Å². The van der Waals surface area contributed by atoms with E-state index in [1.54, 1.807) is 31.4 Å². The zero-order valence-electron chi connectivity index (χ0n) is 21.1. The van der Waals surface area contributed by atoms with Crippen molar-refractivity contribution >= 4 is 11.0 Å². The third kappa shape index (κ3) is 5.10. The highest BCUT2D eigenvalue weighted by Gasteiger charge is 2.22. The summed E-state index contributed by atoms with van der Waals surface area (Å²) in [6, 6.07) is 26.4. The van der Waals surface area contributed by atoms with Crippen molar-refractivity contribution in [3.63, 3.8) is 0 Å². The zero-order valence-corrected chi connectivity index (χ0v) is 21.1. The SMILES string of the molecule is COc1ccc(COc2cccc(-c3ccc(Cc4nc5ccccc5n4C[C@@H]4CCO4)cc3F)n2)cc1. The number of para-hydroxylation sites is 2. The van der Waals surface area contributed by atoms with Crippen LogP contribution in [-0.2, 0) is 24.3 Å². The van der Waals surface area contributed by atoms with Gasteiger partial charge < -0.3 is 18.8 Å². The van der Waals surface area contributed by atoms with Gasteiger partial charge in [-0.1, -0.05) is 36.4 Å². The fraction of sp³-hybridized carbons (Fsp3) is 0.226. The molecule has 0 spiro atoms. The van der Waals surface area contributed by atoms with E-state index in [2.05, 4.69) is 15.6 Å². The standard InChI is InChI=1S/C31H28FN3O3/c1-36-23-12-9-21(10-13-23)20-38-31-8-4-6-27(34-31)25-14-11-22(17-26(25)32)18-30-33-28-5-2-3-7-29(28)35(30)19-24-15-16-37-24/h2-14,17,24H,15-16,18-20H2,1H3/t24-/m0/s1. The molecule has 6 rings (SSSR count). The Bertz CT molecular complexity index is 1560. The summed E-state index contributed by atoms with van der Waals surface area (Å²) in [6.07, 6.45) is 1.78. The van der Waals surface area contributed by atoms with E-state index in [1.807, 2.05) is 54.6 Å². The summed E-state index contributed by atoms with van der Waals surface area (Å²) < 4.78 is 34.3. The number of aromatic nitrogens is 3. The van der Waals surface area contributed by atoms with E-state index in [1.165, 1.54) is 0 Å². The first-order valence-electron chi connectivity index (χ1n) is 12.7. The quantitative estimate of drug-likeness (QED) is 0.237. The van der Waals surface area contributed by atoms with E-state index in [0.29, 0.717) is 30.2 Å². The van der Waals surface area contributed by atoms with Crippen molar-refractivity contribution in [2.75, 3.05) is 13.7 Å². The Hall–Kier alpha value is -4.23. The van der Waals surface area contributed by atoms with Gasteiger partial charge in [0.2, 0.25) is 5.88 Å². The topological polar surface area (TPSA) is 58.4 Å². The number of nitrogens with zero attached hydrogens (tertiary/aromatic N) is 3. The largest absolute Gasteiger partial charge is 0.497 e. The molecule has 1 aliphatic rings. The maximum absolute atomic E-state index is 15.3. The van der Waals surface area contributed by atoms with Gasteiger partial charge in [0.05, 0.1) is 36.5 Å². The predicted octanol–water partition coefficient (Wildman–Crippen LogP) is 6.20. The first-order chi connectivity index (χ1) is 18.7. The van der Waals surface area contributed by atoms with Crippen LogP contribution in [-0.4, -0.2) is 34.4 Å². The van der Waals surface area contributed by atoms with Gasteiger partial charge in [-0.05, 0) is 60.0 Å². The molecule has 0 amide bonds. The minimum atomic E-state index is -0.327. The van der Waals surface area contributed by atoms with Gasteiger partial charge in [-0.15, -0.1) is 0 Å². The second kappa shape index (κ2) is 10.6. The molecule has 2 aromatic heterocycles. The number of imidazole rings is 1. The molecule has 38 heavy (non-hydrogen) atoms. The molecule has 3 heterocycles. The molecule has 6 nitrogen and oxygen atoms in total. The third-order valence-corrected chi connectivity index (χ3v) is 6.85. The molecule has 7 heteroatoms. The number of hydrogen-bond acceptors (Lipinski definition) is 5. The van der Waals surface area contributed by atoms with Gasteiger partial charge in [-0.2, -0.15) is 0 Å². The molecule has 0 aliphatic carbocycles. The lowest BCUT2D eigenvalue weighted by atomic mass is 10.1. The van der Waals surface area contributed by atoms with E-state index in [0.717, 1.165) is 53.3 Å². The highest BCUT2D eigenvalue weighted by atomic mass is 19.1. The molecule has 1 saturated heterocycles. The Morgan fingerprint density at radius 2 is 1.76 bits per heavy atom. The molecular formula is C31H28FN3O3. The molecule has 3 aromatic carbocycles. The predicted molar refractivity (Wildman–Crippen MR) is 144 cm³/mol. The lowest BCUT2D eigenvalue weighted by Gasteiger charge is -2.27. The molecule has 0 bridgehead atoms. The normalized spacial score (nSPS) is 14.8. The van der Waals surface area contributed by atoms with Crippen LogP contribution in [0.3, 0.4) is 0 Å². The van der Waals surface area contributed by atoms with Crippen molar-refractivity contribution in [1.82, 2.24) is 14.5 Å². The van der Waals surface area contributed by atoms with Crippen LogP contribution in [0.4, 0.5) is 4.39 Å². The maximum Gasteiger partial charge on any atom is 0.214 e. The van der Waals surface area contributed by atoms with Gasteiger partial charge in [-0.25, -0.2) is 14.4 Å². The molecular weight excluding hydrogens is 481 g/mol. The summed E-state index contributed by atoms with van der Waals surface area (Å²) in [6.45, 7) is 1.92. The van der Waals surface area contributed by atoms with E-state index < -0.39 is 0 Å². The van der Waals surface area contributed by atoms with E-state index in [-0.39, 0.29) is 11.9 Å². The Morgan fingerprint density at radius 3 is 2.53 bits per heavy atom. The highest BCUT2D eigenvalue weighted by Crippen LogP contribution is 2.27. The summed E-state index contributed by atoms with van der Waals surface area (Å²) >= 11 is 0. The lowest BCUT2D eigenvalue weighted by molar-refractivity contribution is -0.0589. The van der Waals surface area contributed by atoms with Crippen molar-refractivity contribution in [1.29, 1.82) is 0 Å². The lowest BCUT2D eigenvalue weighted by Crippen LogP contribution is -2.31. The Kier molecular flexibility index (Phi) is 6.75. The summed E-state index contributed by atoms with van der Waals surface area (Å²) in [7, 11) is 1.63. The summed E-state index contributed by atoms with van der Waals surface area (Å²) in [5.74, 6) is 1.80. The van der Waals surface area contributed by atoms with Gasteiger partial charge in [-0.3, -0.25) is 0 Å². The smallest absolute Gasteiger partial charge is 0.214 e.